The number of benzene rings is 1. The minimum absolute atomic E-state index is 0.462. The SMILES string of the molecule is Cc1ccc(Cl)cc1-n1cnc(=S)[nH]1. The molecule has 2 rings (SSSR count). The van der Waals surface area contributed by atoms with Crippen LogP contribution in [-0.4, -0.2) is 14.8 Å². The molecule has 2 aromatic rings. The van der Waals surface area contributed by atoms with Crippen molar-refractivity contribution in [1.82, 2.24) is 14.8 Å². The zero-order chi connectivity index (χ0) is 10.1. The summed E-state index contributed by atoms with van der Waals surface area (Å²) in [5.41, 5.74) is 2.07. The second kappa shape index (κ2) is 3.55. The number of nitrogens with one attached hydrogen (secondary N) is 1. The van der Waals surface area contributed by atoms with Crippen LogP contribution in [0.1, 0.15) is 5.56 Å². The number of rotatable bonds is 1. The van der Waals surface area contributed by atoms with E-state index in [-0.39, 0.29) is 0 Å². The maximum Gasteiger partial charge on any atom is 0.213 e. The molecule has 0 bridgehead atoms. The third-order valence-electron chi connectivity index (χ3n) is 1.94. The van der Waals surface area contributed by atoms with Gasteiger partial charge in [-0.1, -0.05) is 17.7 Å². The molecule has 0 amide bonds. The minimum atomic E-state index is 0.462. The van der Waals surface area contributed by atoms with Crippen LogP contribution in [0.2, 0.25) is 5.02 Å². The monoisotopic (exact) mass is 225 g/mol. The van der Waals surface area contributed by atoms with E-state index in [1.54, 1.807) is 11.0 Å². The third-order valence-corrected chi connectivity index (χ3v) is 2.37. The van der Waals surface area contributed by atoms with Gasteiger partial charge in [0.05, 0.1) is 5.69 Å². The minimum Gasteiger partial charge on any atom is -0.267 e. The summed E-state index contributed by atoms with van der Waals surface area (Å²) in [5.74, 6) is 0. The van der Waals surface area contributed by atoms with E-state index < -0.39 is 0 Å². The molecule has 1 aromatic heterocycles. The van der Waals surface area contributed by atoms with Crippen LogP contribution in [0.4, 0.5) is 0 Å². The summed E-state index contributed by atoms with van der Waals surface area (Å²) in [4.78, 5) is 3.94. The van der Waals surface area contributed by atoms with E-state index in [1.807, 2.05) is 25.1 Å². The second-order valence-electron chi connectivity index (χ2n) is 2.96. The highest BCUT2D eigenvalue weighted by molar-refractivity contribution is 7.71. The average molecular weight is 226 g/mol. The number of halogens is 1. The van der Waals surface area contributed by atoms with Crippen LogP contribution in [0.15, 0.2) is 24.5 Å². The van der Waals surface area contributed by atoms with Crippen LogP contribution >= 0.6 is 23.8 Å². The molecule has 0 fully saturated rings. The van der Waals surface area contributed by atoms with E-state index in [0.29, 0.717) is 9.79 Å². The lowest BCUT2D eigenvalue weighted by molar-refractivity contribution is 0.866. The van der Waals surface area contributed by atoms with E-state index in [9.17, 15) is 0 Å². The van der Waals surface area contributed by atoms with Crippen molar-refractivity contribution < 1.29 is 0 Å². The van der Waals surface area contributed by atoms with Crippen molar-refractivity contribution in [2.45, 2.75) is 6.92 Å². The summed E-state index contributed by atoms with van der Waals surface area (Å²) in [6.07, 6.45) is 1.64. The fraction of sp³-hybridized carbons (Fsp3) is 0.111. The Morgan fingerprint density at radius 2 is 2.29 bits per heavy atom. The summed E-state index contributed by atoms with van der Waals surface area (Å²) in [6.45, 7) is 2.00. The first kappa shape index (κ1) is 9.43. The molecule has 0 aliphatic rings. The standard InChI is InChI=1S/C9H8ClN3S/c1-6-2-3-7(10)4-8(6)13-5-11-9(14)12-13/h2-5H,1H3,(H,12,14). The molecule has 0 aliphatic carbocycles. The van der Waals surface area contributed by atoms with Crippen LogP contribution in [-0.2, 0) is 0 Å². The van der Waals surface area contributed by atoms with Gasteiger partial charge in [-0.3, -0.25) is 5.10 Å². The maximum absolute atomic E-state index is 5.90. The first-order chi connectivity index (χ1) is 6.66. The highest BCUT2D eigenvalue weighted by Gasteiger charge is 2.01. The predicted molar refractivity (Wildman–Crippen MR) is 58.5 cm³/mol. The van der Waals surface area contributed by atoms with Crippen LogP contribution < -0.4 is 0 Å². The largest absolute Gasteiger partial charge is 0.267 e. The molecule has 1 heterocycles. The molecule has 1 aromatic carbocycles. The molecule has 5 heteroatoms. The van der Waals surface area contributed by atoms with Gasteiger partial charge in [0.25, 0.3) is 0 Å². The molecule has 1 N–H and O–H groups in total. The van der Waals surface area contributed by atoms with Gasteiger partial charge in [0.1, 0.15) is 6.33 Å². The van der Waals surface area contributed by atoms with Gasteiger partial charge in [-0.05, 0) is 36.8 Å². The second-order valence-corrected chi connectivity index (χ2v) is 3.79. The van der Waals surface area contributed by atoms with Gasteiger partial charge in [-0.15, -0.1) is 0 Å². The van der Waals surface area contributed by atoms with Crippen molar-refractivity contribution in [3.05, 3.63) is 39.9 Å². The number of aryl methyl sites for hydroxylation is 1. The summed E-state index contributed by atoms with van der Waals surface area (Å²) in [6, 6.07) is 5.67. The molecule has 0 radical (unpaired) electrons. The molecular weight excluding hydrogens is 218 g/mol. The van der Waals surface area contributed by atoms with Crippen molar-refractivity contribution >= 4 is 23.8 Å². The average Bonchev–Trinajstić information content (AvgIpc) is 2.56. The Bertz CT molecular complexity index is 515. The Hall–Kier alpha value is -1.13. The first-order valence-electron chi connectivity index (χ1n) is 4.07. The van der Waals surface area contributed by atoms with Crippen molar-refractivity contribution in [2.24, 2.45) is 0 Å². The Labute approximate surface area is 91.3 Å². The number of aromatic nitrogens is 3. The van der Waals surface area contributed by atoms with E-state index >= 15 is 0 Å². The van der Waals surface area contributed by atoms with E-state index in [4.69, 9.17) is 23.8 Å². The lowest BCUT2D eigenvalue weighted by Gasteiger charge is -2.05. The molecule has 14 heavy (non-hydrogen) atoms. The zero-order valence-corrected chi connectivity index (χ0v) is 9.06. The van der Waals surface area contributed by atoms with E-state index in [2.05, 4.69) is 10.1 Å². The number of H-pyrrole nitrogens is 1. The van der Waals surface area contributed by atoms with Crippen LogP contribution in [0, 0.1) is 11.7 Å². The fourth-order valence-electron chi connectivity index (χ4n) is 1.24. The van der Waals surface area contributed by atoms with Gasteiger partial charge in [0.15, 0.2) is 0 Å². The zero-order valence-electron chi connectivity index (χ0n) is 7.49. The summed E-state index contributed by atoms with van der Waals surface area (Å²) in [5, 5.41) is 3.62. The summed E-state index contributed by atoms with van der Waals surface area (Å²) < 4.78 is 2.22. The van der Waals surface area contributed by atoms with Crippen molar-refractivity contribution in [3.8, 4) is 5.69 Å². The smallest absolute Gasteiger partial charge is 0.213 e. The van der Waals surface area contributed by atoms with E-state index in [0.717, 1.165) is 11.3 Å². The van der Waals surface area contributed by atoms with Gasteiger partial charge in [-0.2, -0.15) is 0 Å². The highest BCUT2D eigenvalue weighted by atomic mass is 35.5. The molecule has 0 saturated carbocycles. The highest BCUT2D eigenvalue weighted by Crippen LogP contribution is 2.18. The van der Waals surface area contributed by atoms with Crippen molar-refractivity contribution in [1.29, 1.82) is 0 Å². The van der Waals surface area contributed by atoms with Gasteiger partial charge in [0, 0.05) is 5.02 Å². The van der Waals surface area contributed by atoms with Gasteiger partial charge >= 0.3 is 0 Å². The normalized spacial score (nSPS) is 10.4. The van der Waals surface area contributed by atoms with Crippen molar-refractivity contribution in [2.75, 3.05) is 0 Å². The van der Waals surface area contributed by atoms with Gasteiger partial charge in [-0.25, -0.2) is 9.67 Å². The van der Waals surface area contributed by atoms with Crippen LogP contribution in [0.3, 0.4) is 0 Å². The molecule has 0 atom stereocenters. The summed E-state index contributed by atoms with van der Waals surface area (Å²) >= 11 is 10.8. The van der Waals surface area contributed by atoms with Crippen molar-refractivity contribution in [3.63, 3.8) is 0 Å². The number of hydrogen-bond donors (Lipinski definition) is 1. The quantitative estimate of drug-likeness (QED) is 0.758. The van der Waals surface area contributed by atoms with Gasteiger partial charge in [0.2, 0.25) is 4.77 Å². The number of nitrogens with zero attached hydrogens (tertiary/aromatic N) is 2. The van der Waals surface area contributed by atoms with E-state index in [1.165, 1.54) is 0 Å². The Balaban J connectivity index is 2.61. The number of hydrogen-bond acceptors (Lipinski definition) is 2. The molecule has 0 spiro atoms. The molecule has 0 unspecified atom stereocenters. The van der Waals surface area contributed by atoms with Crippen LogP contribution in [0.5, 0.6) is 0 Å². The lowest BCUT2D eigenvalue weighted by Crippen LogP contribution is -1.97. The fourth-order valence-corrected chi connectivity index (χ4v) is 1.55. The van der Waals surface area contributed by atoms with Crippen LogP contribution in [0.25, 0.3) is 5.69 Å². The Morgan fingerprint density at radius 1 is 1.50 bits per heavy atom. The third kappa shape index (κ3) is 1.71. The predicted octanol–water partition coefficient (Wildman–Crippen LogP) is 2.89. The molecular formula is C9H8ClN3S. The maximum atomic E-state index is 5.90. The molecule has 3 nitrogen and oxygen atoms in total. The summed E-state index contributed by atoms with van der Waals surface area (Å²) in [7, 11) is 0. The molecule has 72 valence electrons. The molecule has 0 saturated heterocycles. The topological polar surface area (TPSA) is 33.6 Å². The molecule has 0 aliphatic heterocycles. The number of aromatic amines is 1. The Kier molecular flexibility index (Phi) is 2.39. The van der Waals surface area contributed by atoms with Gasteiger partial charge < -0.3 is 0 Å². The first-order valence-corrected chi connectivity index (χ1v) is 4.85. The lowest BCUT2D eigenvalue weighted by atomic mass is 10.2. The Morgan fingerprint density at radius 3 is 2.93 bits per heavy atom.